The van der Waals surface area contributed by atoms with Crippen LogP contribution in [0.3, 0.4) is 0 Å². The predicted octanol–water partition coefficient (Wildman–Crippen LogP) is 3.27. The van der Waals surface area contributed by atoms with Crippen LogP contribution in [0.1, 0.15) is 41.8 Å². The minimum atomic E-state index is -0.215. The van der Waals surface area contributed by atoms with Crippen molar-refractivity contribution in [3.8, 4) is 11.4 Å². The third-order valence-corrected chi connectivity index (χ3v) is 4.73. The van der Waals surface area contributed by atoms with Crippen LogP contribution in [-0.2, 0) is 6.54 Å². The number of aryl methyl sites for hydroxylation is 1. The minimum absolute atomic E-state index is 0.0116. The smallest absolute Gasteiger partial charge is 0.272 e. The van der Waals surface area contributed by atoms with Crippen LogP contribution in [0.15, 0.2) is 57.8 Å². The van der Waals surface area contributed by atoms with Crippen LogP contribution < -0.4 is 10.9 Å². The minimum Gasteiger partial charge on any atom is -0.343 e. The van der Waals surface area contributed by atoms with E-state index in [0.29, 0.717) is 34.1 Å². The summed E-state index contributed by atoms with van der Waals surface area (Å²) in [5.41, 5.74) is 3.05. The topological polar surface area (TPSA) is 103 Å². The highest BCUT2D eigenvalue weighted by molar-refractivity contribution is 5.94. The lowest BCUT2D eigenvalue weighted by atomic mass is 10.1. The molecule has 30 heavy (non-hydrogen) atoms. The number of fused-ring (bicyclic) bond motifs is 1. The quantitative estimate of drug-likeness (QED) is 0.549. The molecule has 0 fully saturated rings. The summed E-state index contributed by atoms with van der Waals surface area (Å²) in [6, 6.07) is 14.4. The summed E-state index contributed by atoms with van der Waals surface area (Å²) in [6.07, 6.45) is 0. The Morgan fingerprint density at radius 2 is 1.90 bits per heavy atom. The monoisotopic (exact) mass is 403 g/mol. The van der Waals surface area contributed by atoms with Gasteiger partial charge >= 0.3 is 0 Å². The van der Waals surface area contributed by atoms with Crippen LogP contribution in [0.25, 0.3) is 22.4 Å². The summed E-state index contributed by atoms with van der Waals surface area (Å²) in [6.45, 7) is 5.75. The Morgan fingerprint density at radius 3 is 2.63 bits per heavy atom. The maximum atomic E-state index is 12.4. The largest absolute Gasteiger partial charge is 0.343 e. The summed E-state index contributed by atoms with van der Waals surface area (Å²) >= 11 is 0. The van der Waals surface area contributed by atoms with Crippen LogP contribution in [-0.4, -0.2) is 25.6 Å². The van der Waals surface area contributed by atoms with E-state index < -0.39 is 0 Å². The van der Waals surface area contributed by atoms with E-state index in [-0.39, 0.29) is 24.1 Å². The second kappa shape index (κ2) is 7.90. The van der Waals surface area contributed by atoms with Gasteiger partial charge in [-0.25, -0.2) is 4.98 Å². The maximum Gasteiger partial charge on any atom is 0.272 e. The number of amides is 1. The lowest BCUT2D eigenvalue weighted by Crippen LogP contribution is -2.25. The molecular formula is C22H21N5O3. The molecule has 2 aromatic heterocycles. The Kier molecular flexibility index (Phi) is 5.14. The van der Waals surface area contributed by atoms with Gasteiger partial charge in [0.25, 0.3) is 11.5 Å². The average molecular weight is 403 g/mol. The molecule has 0 spiro atoms. The van der Waals surface area contributed by atoms with Gasteiger partial charge in [-0.15, -0.1) is 0 Å². The van der Waals surface area contributed by atoms with Crippen LogP contribution in [0.4, 0.5) is 0 Å². The SMILES string of the molecule is Cc1nc2cc(-c3noc(CNC(=O)c4ccccc4)n3)ccc2n(C(C)C)c1=O. The molecular weight excluding hydrogens is 382 g/mol. The third kappa shape index (κ3) is 3.71. The van der Waals surface area contributed by atoms with Gasteiger partial charge in [0.05, 0.1) is 17.6 Å². The van der Waals surface area contributed by atoms with E-state index in [1.807, 2.05) is 38.1 Å². The number of hydrogen-bond acceptors (Lipinski definition) is 6. The maximum absolute atomic E-state index is 12.4. The number of rotatable bonds is 5. The normalized spacial score (nSPS) is 11.2. The molecule has 0 aliphatic rings. The van der Waals surface area contributed by atoms with Gasteiger partial charge in [-0.1, -0.05) is 23.4 Å². The van der Waals surface area contributed by atoms with Crippen molar-refractivity contribution in [3.63, 3.8) is 0 Å². The highest BCUT2D eigenvalue weighted by Gasteiger charge is 2.15. The van der Waals surface area contributed by atoms with Crippen molar-refractivity contribution in [3.05, 3.63) is 76.0 Å². The molecule has 0 aliphatic carbocycles. The molecule has 0 atom stereocenters. The van der Waals surface area contributed by atoms with Gasteiger partial charge in [0.15, 0.2) is 0 Å². The second-order valence-corrected chi connectivity index (χ2v) is 7.23. The third-order valence-electron chi connectivity index (χ3n) is 4.73. The zero-order chi connectivity index (χ0) is 21.3. The van der Waals surface area contributed by atoms with Crippen molar-refractivity contribution >= 4 is 16.9 Å². The zero-order valence-corrected chi connectivity index (χ0v) is 16.9. The average Bonchev–Trinajstić information content (AvgIpc) is 3.22. The number of nitrogens with zero attached hydrogens (tertiary/aromatic N) is 4. The van der Waals surface area contributed by atoms with E-state index >= 15 is 0 Å². The molecule has 8 heteroatoms. The Hall–Kier alpha value is -3.81. The molecule has 4 aromatic rings. The van der Waals surface area contributed by atoms with Crippen molar-refractivity contribution in [2.24, 2.45) is 0 Å². The fraction of sp³-hybridized carbons (Fsp3) is 0.227. The van der Waals surface area contributed by atoms with Crippen LogP contribution in [0.5, 0.6) is 0 Å². The lowest BCUT2D eigenvalue weighted by molar-refractivity contribution is 0.0946. The first-order valence-corrected chi connectivity index (χ1v) is 9.63. The van der Waals surface area contributed by atoms with E-state index in [9.17, 15) is 9.59 Å². The molecule has 1 N–H and O–H groups in total. The van der Waals surface area contributed by atoms with Gasteiger partial charge in [-0.3, -0.25) is 9.59 Å². The summed E-state index contributed by atoms with van der Waals surface area (Å²) in [7, 11) is 0. The van der Waals surface area contributed by atoms with E-state index in [1.165, 1.54) is 0 Å². The summed E-state index contributed by atoms with van der Waals surface area (Å²) < 4.78 is 7.00. The number of carbonyl (C=O) groups excluding carboxylic acids is 1. The van der Waals surface area contributed by atoms with E-state index in [2.05, 4.69) is 20.4 Å². The van der Waals surface area contributed by atoms with Crippen LogP contribution >= 0.6 is 0 Å². The summed E-state index contributed by atoms with van der Waals surface area (Å²) in [5, 5.41) is 6.77. The molecule has 0 saturated carbocycles. The molecule has 4 rings (SSSR count). The van der Waals surface area contributed by atoms with Crippen molar-refractivity contribution in [1.29, 1.82) is 0 Å². The van der Waals surface area contributed by atoms with Crippen molar-refractivity contribution < 1.29 is 9.32 Å². The molecule has 152 valence electrons. The number of hydrogen-bond donors (Lipinski definition) is 1. The molecule has 0 radical (unpaired) electrons. The molecule has 1 amide bonds. The van der Waals surface area contributed by atoms with Gasteiger partial charge in [0.2, 0.25) is 11.7 Å². The van der Waals surface area contributed by atoms with Gasteiger partial charge in [0, 0.05) is 17.2 Å². The van der Waals surface area contributed by atoms with E-state index in [4.69, 9.17) is 4.52 Å². The molecule has 2 aromatic carbocycles. The van der Waals surface area contributed by atoms with Gasteiger partial charge in [-0.05, 0) is 51.1 Å². The number of carbonyl (C=O) groups is 1. The van der Waals surface area contributed by atoms with Crippen molar-refractivity contribution in [2.75, 3.05) is 0 Å². The Morgan fingerprint density at radius 1 is 1.13 bits per heavy atom. The highest BCUT2D eigenvalue weighted by Crippen LogP contribution is 2.22. The van der Waals surface area contributed by atoms with Crippen molar-refractivity contribution in [2.45, 2.75) is 33.4 Å². The Bertz CT molecular complexity index is 1280. The molecule has 2 heterocycles. The van der Waals surface area contributed by atoms with Crippen LogP contribution in [0.2, 0.25) is 0 Å². The van der Waals surface area contributed by atoms with E-state index in [0.717, 1.165) is 5.52 Å². The summed E-state index contributed by atoms with van der Waals surface area (Å²) in [4.78, 5) is 33.4. The first kappa shape index (κ1) is 19.5. The molecule has 0 bridgehead atoms. The molecule has 8 nitrogen and oxygen atoms in total. The summed E-state index contributed by atoms with van der Waals surface area (Å²) in [5.74, 6) is 0.473. The lowest BCUT2D eigenvalue weighted by Gasteiger charge is -2.14. The molecule has 0 aliphatic heterocycles. The molecule has 0 saturated heterocycles. The second-order valence-electron chi connectivity index (χ2n) is 7.23. The fourth-order valence-electron chi connectivity index (χ4n) is 3.27. The number of nitrogens with one attached hydrogen (secondary N) is 1. The highest BCUT2D eigenvalue weighted by atomic mass is 16.5. The molecule has 0 unspecified atom stereocenters. The Labute approximate surface area is 172 Å². The van der Waals surface area contributed by atoms with Gasteiger partial charge < -0.3 is 14.4 Å². The van der Waals surface area contributed by atoms with Gasteiger partial charge in [-0.2, -0.15) is 4.98 Å². The Balaban J connectivity index is 1.58. The predicted molar refractivity (Wildman–Crippen MR) is 112 cm³/mol. The standard InChI is InChI=1S/C22H21N5O3/c1-13(2)27-18-10-9-16(11-17(18)24-14(3)22(27)29)20-25-19(30-26-20)12-23-21(28)15-7-5-4-6-8-15/h4-11,13H,12H2,1-3H3,(H,23,28). The first-order valence-electron chi connectivity index (χ1n) is 9.63. The fourth-order valence-corrected chi connectivity index (χ4v) is 3.27. The first-order chi connectivity index (χ1) is 14.4. The van der Waals surface area contributed by atoms with Crippen LogP contribution in [0, 0.1) is 6.92 Å². The van der Waals surface area contributed by atoms with E-state index in [1.54, 1.807) is 35.8 Å². The number of aromatic nitrogens is 4. The number of benzene rings is 2. The zero-order valence-electron chi connectivity index (χ0n) is 16.9. The van der Waals surface area contributed by atoms with Crippen molar-refractivity contribution in [1.82, 2.24) is 25.0 Å². The van der Waals surface area contributed by atoms with Gasteiger partial charge in [0.1, 0.15) is 5.69 Å².